The number of carbonyl (C=O) groups is 1. The monoisotopic (exact) mass is 248 g/mol. The van der Waals surface area contributed by atoms with Gasteiger partial charge in [-0.25, -0.2) is 0 Å². The molecule has 18 heavy (non-hydrogen) atoms. The molecule has 2 heterocycles. The Balaban J connectivity index is 1.98. The maximum Gasteiger partial charge on any atom is 0.274 e. The molecule has 1 unspecified atom stereocenters. The van der Waals surface area contributed by atoms with Crippen molar-refractivity contribution >= 4 is 11.7 Å². The molecule has 2 rings (SSSR count). The summed E-state index contributed by atoms with van der Waals surface area (Å²) < 4.78 is 0. The van der Waals surface area contributed by atoms with Crippen LogP contribution in [-0.2, 0) is 0 Å². The van der Waals surface area contributed by atoms with E-state index in [2.05, 4.69) is 29.4 Å². The van der Waals surface area contributed by atoms with Gasteiger partial charge in [0.2, 0.25) is 0 Å². The summed E-state index contributed by atoms with van der Waals surface area (Å²) in [6, 6.07) is 3.56. The predicted molar refractivity (Wildman–Crippen MR) is 70.5 cm³/mol. The average Bonchev–Trinajstić information content (AvgIpc) is 2.83. The molecule has 0 aliphatic carbocycles. The van der Waals surface area contributed by atoms with Gasteiger partial charge in [-0.1, -0.05) is 13.8 Å². The van der Waals surface area contributed by atoms with Gasteiger partial charge in [-0.3, -0.25) is 4.79 Å². The molecule has 0 saturated carbocycles. The fraction of sp³-hybridized carbons (Fsp3) is 0.615. The Labute approximate surface area is 108 Å². The lowest BCUT2D eigenvalue weighted by atomic mass is 10.2. The number of anilines is 1. The van der Waals surface area contributed by atoms with Crippen LogP contribution in [0.1, 0.15) is 37.2 Å². The first-order valence-electron chi connectivity index (χ1n) is 6.57. The number of hydrogen-bond acceptors (Lipinski definition) is 4. The molecule has 1 aliphatic heterocycles. The van der Waals surface area contributed by atoms with Crippen molar-refractivity contribution in [3.05, 3.63) is 17.8 Å². The lowest BCUT2D eigenvalue weighted by Crippen LogP contribution is -2.29. The summed E-state index contributed by atoms with van der Waals surface area (Å²) in [5, 5.41) is 11.2. The molecule has 5 nitrogen and oxygen atoms in total. The molecule has 5 heteroatoms. The Bertz CT molecular complexity index is 404. The highest BCUT2D eigenvalue weighted by molar-refractivity contribution is 5.92. The van der Waals surface area contributed by atoms with E-state index in [4.69, 9.17) is 0 Å². The molecule has 1 saturated heterocycles. The lowest BCUT2D eigenvalue weighted by molar-refractivity contribution is 0.0781. The summed E-state index contributed by atoms with van der Waals surface area (Å²) in [5.74, 6) is 1.31. The number of carbonyl (C=O) groups excluding carboxylic acids is 1. The molecule has 1 aromatic heterocycles. The first-order chi connectivity index (χ1) is 8.70. The Morgan fingerprint density at radius 3 is 2.89 bits per heavy atom. The summed E-state index contributed by atoms with van der Waals surface area (Å²) in [7, 11) is 0. The van der Waals surface area contributed by atoms with Crippen LogP contribution in [0.15, 0.2) is 12.1 Å². The zero-order valence-electron chi connectivity index (χ0n) is 11.0. The average molecular weight is 248 g/mol. The Morgan fingerprint density at radius 2 is 2.33 bits per heavy atom. The number of aromatic nitrogens is 2. The van der Waals surface area contributed by atoms with Gasteiger partial charge in [-0.2, -0.15) is 0 Å². The van der Waals surface area contributed by atoms with Crippen molar-refractivity contribution in [1.29, 1.82) is 0 Å². The third kappa shape index (κ3) is 2.97. The van der Waals surface area contributed by atoms with Gasteiger partial charge in [0, 0.05) is 19.6 Å². The van der Waals surface area contributed by atoms with Gasteiger partial charge in [0.1, 0.15) is 5.82 Å². The van der Waals surface area contributed by atoms with Crippen LogP contribution in [0.5, 0.6) is 0 Å². The van der Waals surface area contributed by atoms with Crippen LogP contribution in [0.3, 0.4) is 0 Å². The molecule has 0 radical (unpaired) electrons. The third-order valence-electron chi connectivity index (χ3n) is 3.15. The van der Waals surface area contributed by atoms with E-state index in [0.717, 1.165) is 38.3 Å². The first-order valence-corrected chi connectivity index (χ1v) is 6.57. The highest BCUT2D eigenvalue weighted by Gasteiger charge is 2.25. The van der Waals surface area contributed by atoms with Gasteiger partial charge < -0.3 is 10.2 Å². The molecule has 1 aliphatic rings. The van der Waals surface area contributed by atoms with E-state index in [9.17, 15) is 4.79 Å². The topological polar surface area (TPSA) is 58.1 Å². The van der Waals surface area contributed by atoms with Crippen molar-refractivity contribution in [2.24, 2.45) is 5.92 Å². The van der Waals surface area contributed by atoms with Gasteiger partial charge >= 0.3 is 0 Å². The fourth-order valence-corrected chi connectivity index (χ4v) is 2.08. The highest BCUT2D eigenvalue weighted by Crippen LogP contribution is 2.17. The molecule has 1 fully saturated rings. The zero-order valence-corrected chi connectivity index (χ0v) is 11.0. The SMILES string of the molecule is CCCNc1ccc(C(=O)N2CCC(C)C2)nn1. The number of hydrogen-bond donors (Lipinski definition) is 1. The molecule has 0 aromatic carbocycles. The fourth-order valence-electron chi connectivity index (χ4n) is 2.08. The molecule has 98 valence electrons. The summed E-state index contributed by atoms with van der Waals surface area (Å²) in [6.45, 7) is 6.78. The standard InChI is InChI=1S/C13H20N4O/c1-3-7-14-12-5-4-11(15-16-12)13(18)17-8-6-10(2)9-17/h4-5,10H,3,6-9H2,1-2H3,(H,14,16). The summed E-state index contributed by atoms with van der Waals surface area (Å²) in [4.78, 5) is 14.0. The zero-order chi connectivity index (χ0) is 13.0. The Hall–Kier alpha value is -1.65. The normalized spacial score (nSPS) is 19.0. The number of likely N-dealkylation sites (tertiary alicyclic amines) is 1. The Morgan fingerprint density at radius 1 is 1.50 bits per heavy atom. The maximum atomic E-state index is 12.1. The minimum Gasteiger partial charge on any atom is -0.369 e. The second kappa shape index (κ2) is 5.80. The van der Waals surface area contributed by atoms with E-state index in [-0.39, 0.29) is 5.91 Å². The van der Waals surface area contributed by atoms with Crippen LogP contribution < -0.4 is 5.32 Å². The predicted octanol–water partition coefficient (Wildman–Crippen LogP) is 1.78. The molecular weight excluding hydrogens is 228 g/mol. The number of nitrogens with one attached hydrogen (secondary N) is 1. The van der Waals surface area contributed by atoms with Crippen LogP contribution in [0.2, 0.25) is 0 Å². The van der Waals surface area contributed by atoms with Crippen LogP contribution in [0, 0.1) is 5.92 Å². The third-order valence-corrected chi connectivity index (χ3v) is 3.15. The van der Waals surface area contributed by atoms with Gasteiger partial charge in [-0.05, 0) is 30.9 Å². The van der Waals surface area contributed by atoms with Crippen molar-refractivity contribution in [3.63, 3.8) is 0 Å². The Kier molecular flexibility index (Phi) is 4.12. The van der Waals surface area contributed by atoms with Crippen molar-refractivity contribution in [1.82, 2.24) is 15.1 Å². The van der Waals surface area contributed by atoms with Crippen LogP contribution >= 0.6 is 0 Å². The summed E-state index contributed by atoms with van der Waals surface area (Å²) >= 11 is 0. The molecule has 1 N–H and O–H groups in total. The molecule has 1 atom stereocenters. The number of nitrogens with zero attached hydrogens (tertiary/aromatic N) is 3. The molecule has 0 spiro atoms. The van der Waals surface area contributed by atoms with Crippen molar-refractivity contribution in [2.75, 3.05) is 25.0 Å². The minimum absolute atomic E-state index is 0.00566. The van der Waals surface area contributed by atoms with E-state index in [1.165, 1.54) is 0 Å². The van der Waals surface area contributed by atoms with E-state index < -0.39 is 0 Å². The summed E-state index contributed by atoms with van der Waals surface area (Å²) in [5.41, 5.74) is 0.436. The minimum atomic E-state index is -0.00566. The van der Waals surface area contributed by atoms with Crippen LogP contribution in [0.25, 0.3) is 0 Å². The van der Waals surface area contributed by atoms with Gasteiger partial charge in [0.25, 0.3) is 5.91 Å². The van der Waals surface area contributed by atoms with Gasteiger partial charge in [0.05, 0.1) is 0 Å². The first kappa shape index (κ1) is 12.8. The smallest absolute Gasteiger partial charge is 0.274 e. The van der Waals surface area contributed by atoms with Crippen LogP contribution in [-0.4, -0.2) is 40.6 Å². The number of rotatable bonds is 4. The van der Waals surface area contributed by atoms with Crippen molar-refractivity contribution < 1.29 is 4.79 Å². The number of amides is 1. The van der Waals surface area contributed by atoms with E-state index in [1.54, 1.807) is 6.07 Å². The van der Waals surface area contributed by atoms with Crippen molar-refractivity contribution in [3.8, 4) is 0 Å². The van der Waals surface area contributed by atoms with Crippen molar-refractivity contribution in [2.45, 2.75) is 26.7 Å². The quantitative estimate of drug-likeness (QED) is 0.882. The van der Waals surface area contributed by atoms with E-state index >= 15 is 0 Å². The molecule has 0 bridgehead atoms. The second-order valence-electron chi connectivity index (χ2n) is 4.88. The molecular formula is C13H20N4O. The van der Waals surface area contributed by atoms with E-state index in [1.807, 2.05) is 11.0 Å². The van der Waals surface area contributed by atoms with Gasteiger partial charge in [-0.15, -0.1) is 10.2 Å². The molecule has 1 aromatic rings. The summed E-state index contributed by atoms with van der Waals surface area (Å²) in [6.07, 6.45) is 2.11. The second-order valence-corrected chi connectivity index (χ2v) is 4.88. The largest absolute Gasteiger partial charge is 0.369 e. The van der Waals surface area contributed by atoms with Gasteiger partial charge in [0.15, 0.2) is 5.69 Å². The van der Waals surface area contributed by atoms with Crippen LogP contribution in [0.4, 0.5) is 5.82 Å². The molecule has 1 amide bonds. The maximum absolute atomic E-state index is 12.1. The lowest BCUT2D eigenvalue weighted by Gasteiger charge is -2.14. The van der Waals surface area contributed by atoms with E-state index in [0.29, 0.717) is 11.6 Å². The highest BCUT2D eigenvalue weighted by atomic mass is 16.2.